The minimum atomic E-state index is -0.165. The second-order valence-electron chi connectivity index (χ2n) is 5.51. The fourth-order valence-corrected chi connectivity index (χ4v) is 2.38. The van der Waals surface area contributed by atoms with Crippen LogP contribution in [0.15, 0.2) is 34.8 Å². The average molecular weight is 362 g/mol. The molecule has 22 heavy (non-hydrogen) atoms. The Balaban J connectivity index is 1.96. The molecule has 0 saturated carbocycles. The lowest BCUT2D eigenvalue weighted by Crippen LogP contribution is -2.20. The van der Waals surface area contributed by atoms with Crippen LogP contribution in [0.2, 0.25) is 0 Å². The first kappa shape index (κ1) is 16.6. The van der Waals surface area contributed by atoms with Crippen molar-refractivity contribution in [1.82, 2.24) is 0 Å². The van der Waals surface area contributed by atoms with E-state index in [0.29, 0.717) is 5.75 Å². The Morgan fingerprint density at radius 1 is 1.00 bits per heavy atom. The molecule has 0 bridgehead atoms. The maximum Gasteiger partial charge on any atom is 0.262 e. The molecule has 1 N–H and O–H groups in total. The van der Waals surface area contributed by atoms with Crippen molar-refractivity contribution in [2.45, 2.75) is 27.7 Å². The van der Waals surface area contributed by atoms with Gasteiger partial charge in [0, 0.05) is 10.2 Å². The second kappa shape index (κ2) is 6.97. The van der Waals surface area contributed by atoms with Crippen LogP contribution in [0.3, 0.4) is 0 Å². The van der Waals surface area contributed by atoms with E-state index >= 15 is 0 Å². The zero-order valence-corrected chi connectivity index (χ0v) is 14.9. The number of aryl methyl sites for hydroxylation is 4. The highest BCUT2D eigenvalue weighted by Crippen LogP contribution is 2.26. The standard InChI is InChI=1S/C18H20BrNO2/c1-11-5-6-15(7-12(11)2)20-17(21)10-22-16-8-13(3)18(19)14(4)9-16/h5-9H,10H2,1-4H3,(H,20,21). The van der Waals surface area contributed by atoms with Crippen molar-refractivity contribution in [3.63, 3.8) is 0 Å². The molecule has 0 atom stereocenters. The van der Waals surface area contributed by atoms with Gasteiger partial charge < -0.3 is 10.1 Å². The molecule has 0 radical (unpaired) electrons. The fraction of sp³-hybridized carbons (Fsp3) is 0.278. The van der Waals surface area contributed by atoms with E-state index < -0.39 is 0 Å². The number of hydrogen-bond acceptors (Lipinski definition) is 2. The summed E-state index contributed by atoms with van der Waals surface area (Å²) in [6.45, 7) is 8.06. The highest BCUT2D eigenvalue weighted by molar-refractivity contribution is 9.10. The van der Waals surface area contributed by atoms with Crippen LogP contribution >= 0.6 is 15.9 Å². The highest BCUT2D eigenvalue weighted by atomic mass is 79.9. The van der Waals surface area contributed by atoms with Gasteiger partial charge in [0.25, 0.3) is 5.91 Å². The Bertz CT molecular complexity index is 687. The monoisotopic (exact) mass is 361 g/mol. The molecule has 2 aromatic carbocycles. The van der Waals surface area contributed by atoms with E-state index in [1.165, 1.54) is 5.56 Å². The Morgan fingerprint density at radius 2 is 1.64 bits per heavy atom. The van der Waals surface area contributed by atoms with E-state index in [1.807, 2.05) is 58.0 Å². The summed E-state index contributed by atoms with van der Waals surface area (Å²) in [7, 11) is 0. The Kier molecular flexibility index (Phi) is 5.24. The van der Waals surface area contributed by atoms with Crippen molar-refractivity contribution in [3.8, 4) is 5.75 Å². The minimum absolute atomic E-state index is 0.00651. The van der Waals surface area contributed by atoms with Gasteiger partial charge in [0.1, 0.15) is 5.75 Å². The van der Waals surface area contributed by atoms with Crippen LogP contribution in [0.5, 0.6) is 5.75 Å². The van der Waals surface area contributed by atoms with Gasteiger partial charge in [-0.05, 0) is 74.2 Å². The van der Waals surface area contributed by atoms with E-state index in [0.717, 1.165) is 26.9 Å². The van der Waals surface area contributed by atoms with Crippen molar-refractivity contribution < 1.29 is 9.53 Å². The Hall–Kier alpha value is -1.81. The molecular weight excluding hydrogens is 342 g/mol. The number of benzene rings is 2. The molecule has 0 aromatic heterocycles. The smallest absolute Gasteiger partial charge is 0.262 e. The minimum Gasteiger partial charge on any atom is -0.484 e. The van der Waals surface area contributed by atoms with Gasteiger partial charge in [-0.15, -0.1) is 0 Å². The molecule has 0 aliphatic rings. The molecule has 0 saturated heterocycles. The summed E-state index contributed by atoms with van der Waals surface area (Å²) in [4.78, 5) is 12.0. The van der Waals surface area contributed by atoms with Gasteiger partial charge in [-0.3, -0.25) is 4.79 Å². The summed E-state index contributed by atoms with van der Waals surface area (Å²) in [5.41, 5.74) is 5.32. The molecule has 2 aromatic rings. The van der Waals surface area contributed by atoms with E-state index in [1.54, 1.807) is 0 Å². The lowest BCUT2D eigenvalue weighted by molar-refractivity contribution is -0.118. The predicted molar refractivity (Wildman–Crippen MR) is 93.7 cm³/mol. The fourth-order valence-electron chi connectivity index (χ4n) is 2.15. The van der Waals surface area contributed by atoms with Crippen molar-refractivity contribution in [1.29, 1.82) is 0 Å². The number of carbonyl (C=O) groups is 1. The third kappa shape index (κ3) is 4.10. The van der Waals surface area contributed by atoms with E-state index in [2.05, 4.69) is 21.2 Å². The van der Waals surface area contributed by atoms with Crippen LogP contribution in [0.1, 0.15) is 22.3 Å². The van der Waals surface area contributed by atoms with Crippen LogP contribution in [-0.2, 0) is 4.79 Å². The molecular formula is C18H20BrNO2. The van der Waals surface area contributed by atoms with Gasteiger partial charge in [-0.25, -0.2) is 0 Å². The van der Waals surface area contributed by atoms with Crippen LogP contribution in [0, 0.1) is 27.7 Å². The first-order valence-electron chi connectivity index (χ1n) is 7.13. The molecule has 0 unspecified atom stereocenters. The summed E-state index contributed by atoms with van der Waals surface area (Å²) in [6.07, 6.45) is 0. The van der Waals surface area contributed by atoms with Crippen LogP contribution in [0.4, 0.5) is 5.69 Å². The summed E-state index contributed by atoms with van der Waals surface area (Å²) in [5, 5.41) is 2.85. The maximum absolute atomic E-state index is 12.0. The summed E-state index contributed by atoms with van der Waals surface area (Å²) < 4.78 is 6.65. The van der Waals surface area contributed by atoms with Crippen LogP contribution in [-0.4, -0.2) is 12.5 Å². The van der Waals surface area contributed by atoms with Crippen molar-refractivity contribution in [2.24, 2.45) is 0 Å². The molecule has 0 fully saturated rings. The maximum atomic E-state index is 12.0. The Labute approximate surface area is 139 Å². The van der Waals surface area contributed by atoms with Gasteiger partial charge in [0.05, 0.1) is 0 Å². The zero-order chi connectivity index (χ0) is 16.3. The quantitative estimate of drug-likeness (QED) is 0.856. The second-order valence-corrected chi connectivity index (χ2v) is 6.30. The molecule has 0 aliphatic heterocycles. The van der Waals surface area contributed by atoms with Gasteiger partial charge in [-0.1, -0.05) is 22.0 Å². The summed E-state index contributed by atoms with van der Waals surface area (Å²) in [6, 6.07) is 9.68. The normalized spacial score (nSPS) is 10.4. The third-order valence-electron chi connectivity index (χ3n) is 3.57. The van der Waals surface area contributed by atoms with E-state index in [4.69, 9.17) is 4.74 Å². The Morgan fingerprint density at radius 3 is 2.23 bits per heavy atom. The van der Waals surface area contributed by atoms with E-state index in [-0.39, 0.29) is 12.5 Å². The number of ether oxygens (including phenoxy) is 1. The van der Waals surface area contributed by atoms with Crippen molar-refractivity contribution >= 4 is 27.5 Å². The number of anilines is 1. The SMILES string of the molecule is Cc1ccc(NC(=O)COc2cc(C)c(Br)c(C)c2)cc1C. The highest BCUT2D eigenvalue weighted by Gasteiger charge is 2.07. The molecule has 0 spiro atoms. The molecule has 3 nitrogen and oxygen atoms in total. The predicted octanol–water partition coefficient (Wildman–Crippen LogP) is 4.70. The third-order valence-corrected chi connectivity index (χ3v) is 4.82. The summed E-state index contributed by atoms with van der Waals surface area (Å²) >= 11 is 3.52. The lowest BCUT2D eigenvalue weighted by atomic mass is 10.1. The lowest BCUT2D eigenvalue weighted by Gasteiger charge is -2.11. The number of nitrogens with one attached hydrogen (secondary N) is 1. The number of amides is 1. The van der Waals surface area contributed by atoms with Crippen LogP contribution < -0.4 is 10.1 Å². The first-order valence-corrected chi connectivity index (χ1v) is 7.93. The van der Waals surface area contributed by atoms with Gasteiger partial charge in [-0.2, -0.15) is 0 Å². The van der Waals surface area contributed by atoms with Gasteiger partial charge >= 0.3 is 0 Å². The summed E-state index contributed by atoms with van der Waals surface area (Å²) in [5.74, 6) is 0.537. The zero-order valence-electron chi connectivity index (χ0n) is 13.3. The van der Waals surface area contributed by atoms with Crippen LogP contribution in [0.25, 0.3) is 0 Å². The van der Waals surface area contributed by atoms with Gasteiger partial charge in [0.2, 0.25) is 0 Å². The number of rotatable bonds is 4. The van der Waals surface area contributed by atoms with Gasteiger partial charge in [0.15, 0.2) is 6.61 Å². The van der Waals surface area contributed by atoms with Crippen molar-refractivity contribution in [2.75, 3.05) is 11.9 Å². The number of hydrogen-bond donors (Lipinski definition) is 1. The molecule has 0 heterocycles. The number of halogens is 1. The molecule has 2 rings (SSSR count). The first-order chi connectivity index (χ1) is 10.4. The van der Waals surface area contributed by atoms with E-state index in [9.17, 15) is 4.79 Å². The molecule has 0 aliphatic carbocycles. The largest absolute Gasteiger partial charge is 0.484 e. The average Bonchev–Trinajstić information content (AvgIpc) is 2.46. The molecule has 1 amide bonds. The molecule has 4 heteroatoms. The topological polar surface area (TPSA) is 38.3 Å². The molecule has 116 valence electrons. The number of carbonyl (C=O) groups excluding carboxylic acids is 1. The van der Waals surface area contributed by atoms with Crippen molar-refractivity contribution in [3.05, 3.63) is 57.1 Å².